The maximum absolute atomic E-state index is 12.4. The van der Waals surface area contributed by atoms with Crippen molar-refractivity contribution < 1.29 is 14.3 Å². The third-order valence-corrected chi connectivity index (χ3v) is 4.45. The van der Waals surface area contributed by atoms with Crippen molar-refractivity contribution in [2.24, 2.45) is 0 Å². The van der Waals surface area contributed by atoms with Gasteiger partial charge in [-0.3, -0.25) is 4.79 Å². The highest BCUT2D eigenvalue weighted by Gasteiger charge is 2.30. The second kappa shape index (κ2) is 7.27. The van der Waals surface area contributed by atoms with Gasteiger partial charge in [-0.1, -0.05) is 12.8 Å². The van der Waals surface area contributed by atoms with E-state index in [-0.39, 0.29) is 17.9 Å². The molecule has 0 spiro atoms. The maximum atomic E-state index is 12.4. The van der Waals surface area contributed by atoms with Crippen molar-refractivity contribution in [1.29, 1.82) is 0 Å². The van der Waals surface area contributed by atoms with Crippen LogP contribution in [0.2, 0.25) is 0 Å². The number of ketones is 1. The number of amides is 1. The Morgan fingerprint density at radius 1 is 1.32 bits per heavy atom. The minimum Gasteiger partial charge on any atom is -0.444 e. The molecule has 1 aliphatic rings. The van der Waals surface area contributed by atoms with E-state index in [1.54, 1.807) is 4.90 Å². The molecule has 4 nitrogen and oxygen atoms in total. The van der Waals surface area contributed by atoms with Crippen LogP contribution < -0.4 is 0 Å². The van der Waals surface area contributed by atoms with Gasteiger partial charge in [0.15, 0.2) is 5.78 Å². The monoisotopic (exact) mass is 323 g/mol. The molecule has 1 aliphatic heterocycles. The highest BCUT2D eigenvalue weighted by atomic mass is 32.1. The van der Waals surface area contributed by atoms with Crippen molar-refractivity contribution in [2.45, 2.75) is 64.5 Å². The topological polar surface area (TPSA) is 46.6 Å². The van der Waals surface area contributed by atoms with Gasteiger partial charge in [0, 0.05) is 30.0 Å². The van der Waals surface area contributed by atoms with Gasteiger partial charge in [-0.05, 0) is 45.1 Å². The molecule has 5 heteroatoms. The van der Waals surface area contributed by atoms with Crippen molar-refractivity contribution in [3.63, 3.8) is 0 Å². The Bertz CT molecular complexity index is 504. The Morgan fingerprint density at radius 2 is 2.09 bits per heavy atom. The minimum atomic E-state index is -0.509. The molecule has 0 bridgehead atoms. The summed E-state index contributed by atoms with van der Waals surface area (Å²) in [5.41, 5.74) is 0.240. The standard InChI is InChI=1S/C17H25NO3S/c1-17(2,3)21-16(20)18-9-6-4-5-7-14(18)11-15(19)13-8-10-22-12-13/h8,10,12,14H,4-7,9,11H2,1-3H3. The van der Waals surface area contributed by atoms with Gasteiger partial charge < -0.3 is 9.64 Å². The van der Waals surface area contributed by atoms with Crippen molar-refractivity contribution in [3.05, 3.63) is 22.4 Å². The van der Waals surface area contributed by atoms with Crippen molar-refractivity contribution in [1.82, 2.24) is 4.90 Å². The number of hydrogen-bond donors (Lipinski definition) is 0. The highest BCUT2D eigenvalue weighted by molar-refractivity contribution is 7.08. The summed E-state index contributed by atoms with van der Waals surface area (Å²) in [7, 11) is 0. The number of thiophene rings is 1. The molecule has 1 atom stereocenters. The average molecular weight is 323 g/mol. The summed E-state index contributed by atoms with van der Waals surface area (Å²) in [6, 6.07) is 1.80. The molecule has 0 aliphatic carbocycles. The van der Waals surface area contributed by atoms with Crippen LogP contribution in [0, 0.1) is 0 Å². The zero-order valence-corrected chi connectivity index (χ0v) is 14.4. The van der Waals surface area contributed by atoms with Crippen LogP contribution in [0.5, 0.6) is 0 Å². The fourth-order valence-corrected chi connectivity index (χ4v) is 3.37. The fraction of sp³-hybridized carbons (Fsp3) is 0.647. The second-order valence-electron chi connectivity index (χ2n) is 6.82. The molecule has 1 fully saturated rings. The summed E-state index contributed by atoms with van der Waals surface area (Å²) in [6.07, 6.45) is 4.09. The van der Waals surface area contributed by atoms with E-state index in [1.165, 1.54) is 11.3 Å². The van der Waals surface area contributed by atoms with Crippen LogP contribution >= 0.6 is 11.3 Å². The molecular weight excluding hydrogens is 298 g/mol. The van der Waals surface area contributed by atoms with E-state index in [0.717, 1.165) is 31.2 Å². The molecule has 2 rings (SSSR count). The average Bonchev–Trinajstić information content (AvgIpc) is 2.84. The van der Waals surface area contributed by atoms with Crippen molar-refractivity contribution in [3.8, 4) is 0 Å². The number of carbonyl (C=O) groups excluding carboxylic acids is 2. The van der Waals surface area contributed by atoms with Crippen LogP contribution in [-0.2, 0) is 4.74 Å². The Labute approximate surface area is 136 Å². The molecule has 1 aromatic heterocycles. The number of rotatable bonds is 3. The lowest BCUT2D eigenvalue weighted by molar-refractivity contribution is 0.0162. The lowest BCUT2D eigenvalue weighted by Gasteiger charge is -2.32. The zero-order valence-electron chi connectivity index (χ0n) is 13.6. The Balaban J connectivity index is 2.07. The summed E-state index contributed by atoms with van der Waals surface area (Å²) in [5.74, 6) is 0.113. The first kappa shape index (κ1) is 17.0. The predicted octanol–water partition coefficient (Wildman–Crippen LogP) is 4.50. The molecule has 1 saturated heterocycles. The molecule has 1 unspecified atom stereocenters. The number of Topliss-reactive ketones (excluding diaryl/α,β-unsaturated/α-hetero) is 1. The van der Waals surface area contributed by atoms with Crippen LogP contribution in [0.4, 0.5) is 4.79 Å². The summed E-state index contributed by atoms with van der Waals surface area (Å²) < 4.78 is 5.51. The van der Waals surface area contributed by atoms with E-state index < -0.39 is 5.60 Å². The zero-order chi connectivity index (χ0) is 16.2. The van der Waals surface area contributed by atoms with Gasteiger partial charge in [0.05, 0.1) is 0 Å². The van der Waals surface area contributed by atoms with E-state index in [0.29, 0.717) is 13.0 Å². The number of hydrogen-bond acceptors (Lipinski definition) is 4. The number of carbonyl (C=O) groups is 2. The van der Waals surface area contributed by atoms with Crippen LogP contribution in [0.25, 0.3) is 0 Å². The number of ether oxygens (including phenoxy) is 1. The van der Waals surface area contributed by atoms with Crippen LogP contribution in [0.15, 0.2) is 16.8 Å². The predicted molar refractivity (Wildman–Crippen MR) is 88.5 cm³/mol. The van der Waals surface area contributed by atoms with Crippen LogP contribution in [0.3, 0.4) is 0 Å². The molecule has 1 amide bonds. The van der Waals surface area contributed by atoms with E-state index in [1.807, 2.05) is 37.6 Å². The summed E-state index contributed by atoms with van der Waals surface area (Å²) >= 11 is 1.52. The Kier molecular flexibility index (Phi) is 5.62. The highest BCUT2D eigenvalue weighted by Crippen LogP contribution is 2.24. The molecule has 0 aromatic carbocycles. The summed E-state index contributed by atoms with van der Waals surface area (Å²) in [4.78, 5) is 26.6. The molecule has 22 heavy (non-hydrogen) atoms. The van der Waals surface area contributed by atoms with E-state index in [9.17, 15) is 9.59 Å². The first-order valence-electron chi connectivity index (χ1n) is 7.92. The van der Waals surface area contributed by atoms with Gasteiger partial charge in [0.1, 0.15) is 5.60 Å². The molecule has 1 aromatic rings. The third kappa shape index (κ3) is 4.83. The molecule has 0 saturated carbocycles. The van der Waals surface area contributed by atoms with E-state index in [4.69, 9.17) is 4.74 Å². The van der Waals surface area contributed by atoms with Gasteiger partial charge >= 0.3 is 6.09 Å². The van der Waals surface area contributed by atoms with Crippen LogP contribution in [0.1, 0.15) is 63.2 Å². The number of nitrogens with zero attached hydrogens (tertiary/aromatic N) is 1. The maximum Gasteiger partial charge on any atom is 0.410 e. The smallest absolute Gasteiger partial charge is 0.410 e. The lowest BCUT2D eigenvalue weighted by atomic mass is 10.0. The molecule has 0 radical (unpaired) electrons. The van der Waals surface area contributed by atoms with Crippen LogP contribution in [-0.4, -0.2) is 35.0 Å². The minimum absolute atomic E-state index is 0.0512. The molecule has 0 N–H and O–H groups in total. The Morgan fingerprint density at radius 3 is 2.73 bits per heavy atom. The molecule has 122 valence electrons. The second-order valence-corrected chi connectivity index (χ2v) is 7.60. The normalized spacial score (nSPS) is 19.6. The fourth-order valence-electron chi connectivity index (χ4n) is 2.71. The SMILES string of the molecule is CC(C)(C)OC(=O)N1CCCCCC1CC(=O)c1ccsc1. The first-order valence-corrected chi connectivity index (χ1v) is 8.86. The van der Waals surface area contributed by atoms with Gasteiger partial charge in [0.2, 0.25) is 0 Å². The lowest BCUT2D eigenvalue weighted by Crippen LogP contribution is -2.44. The summed E-state index contributed by atoms with van der Waals surface area (Å²) in [6.45, 7) is 6.28. The van der Waals surface area contributed by atoms with Crippen molar-refractivity contribution >= 4 is 23.2 Å². The number of likely N-dealkylation sites (tertiary alicyclic amines) is 1. The Hall–Kier alpha value is -1.36. The molecule has 2 heterocycles. The molecular formula is C17H25NO3S. The van der Waals surface area contributed by atoms with Gasteiger partial charge in [-0.15, -0.1) is 0 Å². The van der Waals surface area contributed by atoms with E-state index in [2.05, 4.69) is 0 Å². The van der Waals surface area contributed by atoms with Crippen molar-refractivity contribution in [2.75, 3.05) is 6.54 Å². The van der Waals surface area contributed by atoms with Gasteiger partial charge in [-0.25, -0.2) is 4.79 Å². The summed E-state index contributed by atoms with van der Waals surface area (Å²) in [5, 5.41) is 3.78. The van der Waals surface area contributed by atoms with Gasteiger partial charge in [-0.2, -0.15) is 11.3 Å². The first-order chi connectivity index (χ1) is 10.4. The largest absolute Gasteiger partial charge is 0.444 e. The third-order valence-electron chi connectivity index (χ3n) is 3.77. The van der Waals surface area contributed by atoms with E-state index >= 15 is 0 Å². The van der Waals surface area contributed by atoms with Gasteiger partial charge in [0.25, 0.3) is 0 Å². The quantitative estimate of drug-likeness (QED) is 0.769.